The highest BCUT2D eigenvalue weighted by atomic mass is 16.5. The monoisotopic (exact) mass is 192 g/mol. The predicted molar refractivity (Wildman–Crippen MR) is 55.8 cm³/mol. The summed E-state index contributed by atoms with van der Waals surface area (Å²) >= 11 is 0. The Bertz CT molecular complexity index is 288. The quantitative estimate of drug-likeness (QED) is 0.730. The molecule has 0 radical (unpaired) electrons. The number of hydrogen-bond acceptors (Lipinski definition) is 2. The van der Waals surface area contributed by atoms with Gasteiger partial charge in [0, 0.05) is 0 Å². The van der Waals surface area contributed by atoms with Gasteiger partial charge in [0.05, 0.1) is 13.2 Å². The topological polar surface area (TPSA) is 18.5 Å². The zero-order valence-electron chi connectivity index (χ0n) is 8.69. The molecule has 1 unspecified atom stereocenters. The van der Waals surface area contributed by atoms with Crippen molar-refractivity contribution in [1.82, 2.24) is 0 Å². The molecular formula is C12H16O2. The van der Waals surface area contributed by atoms with Crippen LogP contribution in [0.3, 0.4) is 0 Å². The Morgan fingerprint density at radius 1 is 1.14 bits per heavy atom. The van der Waals surface area contributed by atoms with E-state index < -0.39 is 0 Å². The Labute approximate surface area is 84.8 Å². The molecule has 1 saturated carbocycles. The first-order chi connectivity index (χ1) is 6.79. The van der Waals surface area contributed by atoms with Crippen molar-refractivity contribution < 1.29 is 9.47 Å². The third-order valence-electron chi connectivity index (χ3n) is 2.67. The summed E-state index contributed by atoms with van der Waals surface area (Å²) in [7, 11) is 1.67. The standard InChI is InChI=1S/C12H16O2/c1-9(10-3-4-10)14-12-7-5-11(13-2)6-8-12/h5-10H,3-4H2,1-2H3. The summed E-state index contributed by atoms with van der Waals surface area (Å²) in [6.07, 6.45) is 2.98. The maximum absolute atomic E-state index is 5.78. The van der Waals surface area contributed by atoms with E-state index in [9.17, 15) is 0 Å². The second-order valence-electron chi connectivity index (χ2n) is 3.84. The van der Waals surface area contributed by atoms with E-state index in [1.807, 2.05) is 24.3 Å². The highest BCUT2D eigenvalue weighted by Crippen LogP contribution is 2.34. The largest absolute Gasteiger partial charge is 0.497 e. The van der Waals surface area contributed by atoms with Gasteiger partial charge in [-0.1, -0.05) is 0 Å². The van der Waals surface area contributed by atoms with Crippen LogP contribution in [0.4, 0.5) is 0 Å². The summed E-state index contributed by atoms with van der Waals surface area (Å²) in [5.74, 6) is 2.58. The normalized spacial score (nSPS) is 17.6. The molecule has 1 atom stereocenters. The molecule has 2 heteroatoms. The van der Waals surface area contributed by atoms with Gasteiger partial charge in [0.2, 0.25) is 0 Å². The fourth-order valence-electron chi connectivity index (χ4n) is 1.53. The van der Waals surface area contributed by atoms with Gasteiger partial charge in [0.15, 0.2) is 0 Å². The van der Waals surface area contributed by atoms with Crippen molar-refractivity contribution >= 4 is 0 Å². The fourth-order valence-corrected chi connectivity index (χ4v) is 1.53. The van der Waals surface area contributed by atoms with Gasteiger partial charge in [-0.2, -0.15) is 0 Å². The molecular weight excluding hydrogens is 176 g/mol. The molecule has 0 saturated heterocycles. The molecule has 14 heavy (non-hydrogen) atoms. The summed E-state index contributed by atoms with van der Waals surface area (Å²) < 4.78 is 10.9. The third-order valence-corrected chi connectivity index (χ3v) is 2.67. The Morgan fingerprint density at radius 2 is 1.71 bits per heavy atom. The van der Waals surface area contributed by atoms with Crippen LogP contribution in [0.2, 0.25) is 0 Å². The van der Waals surface area contributed by atoms with Crippen LogP contribution < -0.4 is 9.47 Å². The van der Waals surface area contributed by atoms with Gasteiger partial charge in [-0.3, -0.25) is 0 Å². The van der Waals surface area contributed by atoms with Crippen LogP contribution in [0.5, 0.6) is 11.5 Å². The van der Waals surface area contributed by atoms with Crippen molar-refractivity contribution in [3.8, 4) is 11.5 Å². The van der Waals surface area contributed by atoms with Crippen molar-refractivity contribution in [2.45, 2.75) is 25.9 Å². The molecule has 2 nitrogen and oxygen atoms in total. The zero-order chi connectivity index (χ0) is 9.97. The van der Waals surface area contributed by atoms with Crippen molar-refractivity contribution in [2.24, 2.45) is 5.92 Å². The molecule has 1 fully saturated rings. The number of rotatable bonds is 4. The maximum Gasteiger partial charge on any atom is 0.119 e. The van der Waals surface area contributed by atoms with Crippen LogP contribution in [-0.4, -0.2) is 13.2 Å². The summed E-state index contributed by atoms with van der Waals surface area (Å²) in [4.78, 5) is 0. The summed E-state index contributed by atoms with van der Waals surface area (Å²) in [5, 5.41) is 0. The second-order valence-corrected chi connectivity index (χ2v) is 3.84. The molecule has 2 rings (SSSR count). The summed E-state index contributed by atoms with van der Waals surface area (Å²) in [6, 6.07) is 7.76. The van der Waals surface area contributed by atoms with Crippen molar-refractivity contribution in [2.75, 3.05) is 7.11 Å². The molecule has 0 aliphatic heterocycles. The van der Waals surface area contributed by atoms with E-state index in [1.165, 1.54) is 12.8 Å². The Balaban J connectivity index is 1.95. The number of benzene rings is 1. The van der Waals surface area contributed by atoms with E-state index in [-0.39, 0.29) is 0 Å². The minimum atomic E-state index is 0.350. The van der Waals surface area contributed by atoms with Gasteiger partial charge >= 0.3 is 0 Å². The molecule has 0 amide bonds. The fraction of sp³-hybridized carbons (Fsp3) is 0.500. The first-order valence-electron chi connectivity index (χ1n) is 5.10. The maximum atomic E-state index is 5.78. The van der Waals surface area contributed by atoms with Gasteiger partial charge in [-0.25, -0.2) is 0 Å². The third kappa shape index (κ3) is 2.19. The van der Waals surface area contributed by atoms with Crippen LogP contribution >= 0.6 is 0 Å². The first-order valence-corrected chi connectivity index (χ1v) is 5.10. The Hall–Kier alpha value is -1.18. The molecule has 0 spiro atoms. The molecule has 1 aromatic rings. The Morgan fingerprint density at radius 3 is 2.21 bits per heavy atom. The Kier molecular flexibility index (Phi) is 2.62. The second kappa shape index (κ2) is 3.91. The summed E-state index contributed by atoms with van der Waals surface area (Å²) in [5.41, 5.74) is 0. The smallest absolute Gasteiger partial charge is 0.119 e. The lowest BCUT2D eigenvalue weighted by atomic mass is 10.2. The lowest BCUT2D eigenvalue weighted by Crippen LogP contribution is -2.13. The predicted octanol–water partition coefficient (Wildman–Crippen LogP) is 2.87. The van der Waals surface area contributed by atoms with Gasteiger partial charge in [-0.15, -0.1) is 0 Å². The molecule has 0 aromatic heterocycles. The molecule has 76 valence electrons. The van der Waals surface area contributed by atoms with Crippen LogP contribution in [-0.2, 0) is 0 Å². The molecule has 1 aromatic carbocycles. The lowest BCUT2D eigenvalue weighted by Gasteiger charge is -2.13. The number of hydrogen-bond donors (Lipinski definition) is 0. The zero-order valence-corrected chi connectivity index (χ0v) is 8.69. The van der Waals surface area contributed by atoms with Crippen LogP contribution in [0.1, 0.15) is 19.8 Å². The van der Waals surface area contributed by atoms with E-state index in [0.717, 1.165) is 17.4 Å². The number of methoxy groups -OCH3 is 1. The molecule has 0 heterocycles. The average molecular weight is 192 g/mol. The van der Waals surface area contributed by atoms with Gasteiger partial charge in [0.1, 0.15) is 11.5 Å². The SMILES string of the molecule is COc1ccc(OC(C)C2CC2)cc1. The lowest BCUT2D eigenvalue weighted by molar-refractivity contribution is 0.198. The molecule has 0 bridgehead atoms. The van der Waals surface area contributed by atoms with Crippen molar-refractivity contribution in [3.05, 3.63) is 24.3 Å². The highest BCUT2D eigenvalue weighted by Gasteiger charge is 2.29. The highest BCUT2D eigenvalue weighted by molar-refractivity contribution is 5.31. The van der Waals surface area contributed by atoms with Crippen LogP contribution in [0.15, 0.2) is 24.3 Å². The van der Waals surface area contributed by atoms with Crippen molar-refractivity contribution in [1.29, 1.82) is 0 Å². The minimum Gasteiger partial charge on any atom is -0.497 e. The van der Waals surface area contributed by atoms with E-state index in [4.69, 9.17) is 9.47 Å². The van der Waals surface area contributed by atoms with Crippen LogP contribution in [0, 0.1) is 5.92 Å². The van der Waals surface area contributed by atoms with Crippen molar-refractivity contribution in [3.63, 3.8) is 0 Å². The van der Waals surface area contributed by atoms with Gasteiger partial charge < -0.3 is 9.47 Å². The number of ether oxygens (including phenoxy) is 2. The van der Waals surface area contributed by atoms with Crippen LogP contribution in [0.25, 0.3) is 0 Å². The minimum absolute atomic E-state index is 0.350. The van der Waals surface area contributed by atoms with E-state index in [2.05, 4.69) is 6.92 Å². The average Bonchev–Trinajstić information content (AvgIpc) is 3.02. The van der Waals surface area contributed by atoms with E-state index >= 15 is 0 Å². The summed E-state index contributed by atoms with van der Waals surface area (Å²) in [6.45, 7) is 2.14. The first kappa shape index (κ1) is 9.38. The van der Waals surface area contributed by atoms with E-state index in [0.29, 0.717) is 6.10 Å². The molecule has 0 N–H and O–H groups in total. The van der Waals surface area contributed by atoms with Gasteiger partial charge in [-0.05, 0) is 49.9 Å². The van der Waals surface area contributed by atoms with Gasteiger partial charge in [0.25, 0.3) is 0 Å². The molecule has 1 aliphatic rings. The molecule has 1 aliphatic carbocycles. The van der Waals surface area contributed by atoms with E-state index in [1.54, 1.807) is 7.11 Å².